The highest BCUT2D eigenvalue weighted by Crippen LogP contribution is 2.42. The molecule has 6 aromatic rings. The SMILES string of the molecule is CCC(CC)(c1ccc(OS(=O)(=O)c2cccc3c([O-])c([N+]#N)ccc23)cc1)c1ccc(OS(=O)(=O)c2cc([N+]#N)c([O-])c3ccccc23)cc1. The summed E-state index contributed by atoms with van der Waals surface area (Å²) in [5.41, 5.74) is 0.494. The van der Waals surface area contributed by atoms with Gasteiger partial charge in [0.25, 0.3) is 0 Å². The Morgan fingerprint density at radius 3 is 1.53 bits per heavy atom. The number of diazo groups is 2. The molecule has 0 heterocycles. The number of rotatable bonds is 10. The molecule has 0 aliphatic heterocycles. The Morgan fingerprint density at radius 2 is 1.02 bits per heavy atom. The molecular weight excluding hydrogens is 693 g/mol. The Kier molecular flexibility index (Phi) is 8.99. The highest BCUT2D eigenvalue weighted by atomic mass is 32.2. The van der Waals surface area contributed by atoms with Gasteiger partial charge in [-0.2, -0.15) is 16.8 Å². The van der Waals surface area contributed by atoms with Crippen LogP contribution in [0.25, 0.3) is 31.5 Å². The average molecular weight is 721 g/mol. The largest absolute Gasteiger partial charge is 0.867 e. The summed E-state index contributed by atoms with van der Waals surface area (Å²) in [5, 5.41) is 43.9. The summed E-state index contributed by atoms with van der Waals surface area (Å²) < 4.78 is 64.4. The van der Waals surface area contributed by atoms with Gasteiger partial charge in [0.15, 0.2) is 9.95 Å². The maximum atomic E-state index is 13.4. The van der Waals surface area contributed by atoms with Crippen LogP contribution in [0, 0.1) is 10.8 Å². The monoisotopic (exact) mass is 720 g/mol. The van der Waals surface area contributed by atoms with Gasteiger partial charge >= 0.3 is 31.6 Å². The standard InChI is InChI=1S/C37H28N4O8S2/c1-3-37(4-2,23-12-16-25(17-13-23)48-50(44,45)33-11-7-10-30-28(33)20-21-31(40-38)35(30)42)24-14-18-26(19-15-24)49-51(46,47)34-22-32(41-39)36(43)29-9-6-5-8-27(29)34/h5-22H,3-4H2,1-2H3. The van der Waals surface area contributed by atoms with Crippen molar-refractivity contribution in [1.29, 1.82) is 10.8 Å². The van der Waals surface area contributed by atoms with Gasteiger partial charge in [-0.05, 0) is 82.6 Å². The van der Waals surface area contributed by atoms with Crippen molar-refractivity contribution >= 4 is 53.2 Å². The summed E-state index contributed by atoms with van der Waals surface area (Å²) in [6.07, 6.45) is 1.27. The van der Waals surface area contributed by atoms with Gasteiger partial charge in [-0.1, -0.05) is 74.5 Å². The van der Waals surface area contributed by atoms with E-state index < -0.39 is 42.8 Å². The quantitative estimate of drug-likeness (QED) is 0.0999. The summed E-state index contributed by atoms with van der Waals surface area (Å²) in [4.78, 5) is 5.36. The van der Waals surface area contributed by atoms with Gasteiger partial charge in [0.1, 0.15) is 21.3 Å². The minimum atomic E-state index is -4.46. The number of fused-ring (bicyclic) bond motifs is 2. The minimum absolute atomic E-state index is 0.0195. The summed E-state index contributed by atoms with van der Waals surface area (Å²) >= 11 is 0. The van der Waals surface area contributed by atoms with Crippen LogP contribution in [0.15, 0.2) is 119 Å². The third kappa shape index (κ3) is 6.12. The fourth-order valence-electron chi connectivity index (χ4n) is 6.40. The molecule has 0 bridgehead atoms. The second-order valence-corrected chi connectivity index (χ2v) is 14.7. The van der Waals surface area contributed by atoms with Crippen LogP contribution in [-0.4, -0.2) is 16.8 Å². The summed E-state index contributed by atoms with van der Waals surface area (Å²) in [5.74, 6) is -1.17. The maximum absolute atomic E-state index is 13.4. The zero-order valence-electron chi connectivity index (χ0n) is 27.2. The molecule has 0 N–H and O–H groups in total. The van der Waals surface area contributed by atoms with Crippen molar-refractivity contribution < 1.29 is 35.4 Å². The van der Waals surface area contributed by atoms with Crippen molar-refractivity contribution in [2.24, 2.45) is 0 Å². The van der Waals surface area contributed by atoms with Crippen molar-refractivity contribution in [2.75, 3.05) is 0 Å². The molecule has 0 fully saturated rings. The van der Waals surface area contributed by atoms with Crippen molar-refractivity contribution in [3.63, 3.8) is 0 Å². The molecule has 14 heteroatoms. The maximum Gasteiger partial charge on any atom is 0.379 e. The molecule has 12 nitrogen and oxygen atoms in total. The number of hydrogen-bond acceptors (Lipinski definition) is 10. The number of nitrogens with zero attached hydrogens (tertiary/aromatic N) is 4. The average Bonchev–Trinajstić information content (AvgIpc) is 3.13. The van der Waals surface area contributed by atoms with Crippen LogP contribution in [0.4, 0.5) is 11.4 Å². The molecule has 0 unspecified atom stereocenters. The van der Waals surface area contributed by atoms with Crippen molar-refractivity contribution in [1.82, 2.24) is 0 Å². The lowest BCUT2D eigenvalue weighted by Gasteiger charge is -2.33. The molecule has 6 rings (SSSR count). The van der Waals surface area contributed by atoms with Crippen LogP contribution in [0.3, 0.4) is 0 Å². The predicted octanol–water partition coefficient (Wildman–Crippen LogP) is 7.75. The molecule has 0 aromatic heterocycles. The Morgan fingerprint density at radius 1 is 0.569 bits per heavy atom. The smallest absolute Gasteiger partial charge is 0.379 e. The molecule has 0 atom stereocenters. The van der Waals surface area contributed by atoms with E-state index >= 15 is 0 Å². The van der Waals surface area contributed by atoms with E-state index in [1.165, 1.54) is 66.7 Å². The van der Waals surface area contributed by atoms with E-state index in [0.717, 1.165) is 17.2 Å². The first-order chi connectivity index (χ1) is 24.4. The first-order valence-corrected chi connectivity index (χ1v) is 18.5. The van der Waals surface area contributed by atoms with E-state index in [0.29, 0.717) is 12.8 Å². The Labute approximate surface area is 293 Å². The number of hydrogen-bond donors (Lipinski definition) is 0. The normalized spacial score (nSPS) is 11.9. The van der Waals surface area contributed by atoms with Crippen molar-refractivity contribution in [2.45, 2.75) is 41.9 Å². The van der Waals surface area contributed by atoms with E-state index in [9.17, 15) is 32.4 Å². The lowest BCUT2D eigenvalue weighted by molar-refractivity contribution is -0.265. The Balaban J connectivity index is 1.26. The molecule has 256 valence electrons. The van der Waals surface area contributed by atoms with E-state index in [1.54, 1.807) is 36.4 Å². The summed E-state index contributed by atoms with van der Waals surface area (Å²) in [6, 6.07) is 26.9. The molecule has 0 aliphatic carbocycles. The molecule has 0 radical (unpaired) electrons. The van der Waals surface area contributed by atoms with Gasteiger partial charge in [0.05, 0.1) is 6.07 Å². The lowest BCUT2D eigenvalue weighted by Crippen LogP contribution is -2.26. The molecular formula is C37H28N4O8S2. The minimum Gasteiger partial charge on any atom is -0.867 e. The van der Waals surface area contributed by atoms with E-state index in [-0.39, 0.29) is 48.5 Å². The second kappa shape index (κ2) is 13.2. The van der Waals surface area contributed by atoms with E-state index in [2.05, 4.69) is 9.95 Å². The first kappa shape index (κ1) is 34.6. The Hall–Kier alpha value is -6.22. The first-order valence-electron chi connectivity index (χ1n) is 15.6. The fraction of sp³-hybridized carbons (Fsp3) is 0.135. The zero-order chi connectivity index (χ0) is 36.6. The molecule has 0 saturated heterocycles. The third-order valence-electron chi connectivity index (χ3n) is 9.08. The van der Waals surface area contributed by atoms with Crippen LogP contribution in [0.1, 0.15) is 37.8 Å². The highest BCUT2D eigenvalue weighted by Gasteiger charge is 2.32. The molecule has 6 aromatic carbocycles. The molecule has 0 amide bonds. The predicted molar refractivity (Wildman–Crippen MR) is 186 cm³/mol. The van der Waals surface area contributed by atoms with E-state index in [1.807, 2.05) is 13.8 Å². The van der Waals surface area contributed by atoms with Gasteiger partial charge in [-0.3, -0.25) is 0 Å². The van der Waals surface area contributed by atoms with Crippen LogP contribution >= 0.6 is 0 Å². The van der Waals surface area contributed by atoms with Gasteiger partial charge < -0.3 is 18.6 Å². The van der Waals surface area contributed by atoms with Gasteiger partial charge in [0, 0.05) is 22.3 Å². The lowest BCUT2D eigenvalue weighted by atomic mass is 9.70. The third-order valence-corrected chi connectivity index (χ3v) is 11.7. The summed E-state index contributed by atoms with van der Waals surface area (Å²) in [7, 11) is -8.84. The second-order valence-electron chi connectivity index (χ2n) is 11.6. The van der Waals surface area contributed by atoms with Crippen LogP contribution in [-0.2, 0) is 25.7 Å². The molecule has 0 saturated carbocycles. The molecule has 0 spiro atoms. The summed E-state index contributed by atoms with van der Waals surface area (Å²) in [6.45, 7) is 4.00. The molecule has 51 heavy (non-hydrogen) atoms. The van der Waals surface area contributed by atoms with Crippen LogP contribution in [0.2, 0.25) is 0 Å². The highest BCUT2D eigenvalue weighted by molar-refractivity contribution is 7.87. The van der Waals surface area contributed by atoms with E-state index in [4.69, 9.17) is 13.8 Å². The van der Waals surface area contributed by atoms with Crippen molar-refractivity contribution in [3.05, 3.63) is 130 Å². The van der Waals surface area contributed by atoms with Crippen LogP contribution in [0.5, 0.6) is 23.0 Å². The number of benzene rings is 6. The van der Waals surface area contributed by atoms with Crippen LogP contribution < -0.4 is 18.6 Å². The Bertz CT molecular complexity index is 2630. The van der Waals surface area contributed by atoms with Gasteiger partial charge in [-0.25, -0.2) is 0 Å². The zero-order valence-corrected chi connectivity index (χ0v) is 28.8. The van der Waals surface area contributed by atoms with Gasteiger partial charge in [0.2, 0.25) is 10.8 Å². The topological polar surface area (TPSA) is 189 Å². The molecule has 0 aliphatic rings. The fourth-order valence-corrected chi connectivity index (χ4v) is 8.71. The van der Waals surface area contributed by atoms with Crippen molar-refractivity contribution in [3.8, 4) is 23.0 Å². The van der Waals surface area contributed by atoms with Gasteiger partial charge in [-0.15, -0.1) is 0 Å².